The van der Waals surface area contributed by atoms with Crippen LogP contribution in [0.4, 0.5) is 9.18 Å². The fourth-order valence-corrected chi connectivity index (χ4v) is 2.51. The van der Waals surface area contributed by atoms with E-state index in [-0.39, 0.29) is 37.0 Å². The Morgan fingerprint density at radius 2 is 1.75 bits per heavy atom. The van der Waals surface area contributed by atoms with Gasteiger partial charge >= 0.3 is 6.03 Å². The van der Waals surface area contributed by atoms with E-state index in [1.165, 1.54) is 12.1 Å². The van der Waals surface area contributed by atoms with Crippen molar-refractivity contribution in [3.8, 4) is 5.75 Å². The number of hydrogen-bond acceptors (Lipinski definition) is 3. The van der Waals surface area contributed by atoms with E-state index in [4.69, 9.17) is 4.74 Å². The van der Waals surface area contributed by atoms with Crippen LogP contribution in [0.3, 0.4) is 0 Å². The third kappa shape index (κ3) is 7.26. The Kier molecular flexibility index (Phi) is 7.80. The van der Waals surface area contributed by atoms with Crippen LogP contribution in [0.5, 0.6) is 5.75 Å². The van der Waals surface area contributed by atoms with Crippen LogP contribution in [0.25, 0.3) is 0 Å². The van der Waals surface area contributed by atoms with Crippen molar-refractivity contribution in [2.75, 3.05) is 6.54 Å². The zero-order valence-electron chi connectivity index (χ0n) is 16.3. The first-order chi connectivity index (χ1) is 13.3. The molecule has 1 unspecified atom stereocenters. The van der Waals surface area contributed by atoms with Gasteiger partial charge in [-0.2, -0.15) is 0 Å². The Balaban J connectivity index is 1.75. The minimum Gasteiger partial charge on any atom is -0.491 e. The molecule has 0 aliphatic heterocycles. The van der Waals surface area contributed by atoms with Crippen molar-refractivity contribution in [1.82, 2.24) is 16.0 Å². The lowest BCUT2D eigenvalue weighted by Crippen LogP contribution is -2.42. The minimum absolute atomic E-state index is 0.0674. The fourth-order valence-electron chi connectivity index (χ4n) is 2.51. The molecular formula is C21H26FN3O3. The maximum Gasteiger partial charge on any atom is 0.315 e. The van der Waals surface area contributed by atoms with E-state index in [9.17, 15) is 14.0 Å². The molecule has 150 valence electrons. The highest BCUT2D eigenvalue weighted by Gasteiger charge is 2.12. The first-order valence-corrected chi connectivity index (χ1v) is 9.15. The standard InChI is InChI=1S/C21H26FN3O3/c1-14(2)28-19-6-4-5-17(11-19)15(3)25-20(26)13-24-21(27)23-12-16-7-9-18(22)10-8-16/h4-11,14-15H,12-13H2,1-3H3,(H,25,26)(H2,23,24,27). The average Bonchev–Trinajstić information content (AvgIpc) is 2.65. The summed E-state index contributed by atoms with van der Waals surface area (Å²) in [6.45, 7) is 5.85. The molecule has 0 saturated carbocycles. The number of urea groups is 1. The molecule has 28 heavy (non-hydrogen) atoms. The number of amides is 3. The first kappa shape index (κ1) is 21.2. The minimum atomic E-state index is -0.473. The zero-order chi connectivity index (χ0) is 20.5. The van der Waals surface area contributed by atoms with Gasteiger partial charge in [0.05, 0.1) is 18.7 Å². The van der Waals surface area contributed by atoms with Crippen molar-refractivity contribution >= 4 is 11.9 Å². The Morgan fingerprint density at radius 3 is 2.43 bits per heavy atom. The molecule has 2 aromatic rings. The second kappa shape index (κ2) is 10.3. The van der Waals surface area contributed by atoms with Gasteiger partial charge in [0, 0.05) is 6.54 Å². The summed E-state index contributed by atoms with van der Waals surface area (Å²) in [7, 11) is 0. The Bertz CT molecular complexity index is 794. The Morgan fingerprint density at radius 1 is 1.04 bits per heavy atom. The van der Waals surface area contributed by atoms with Crippen molar-refractivity contribution in [3.05, 3.63) is 65.5 Å². The largest absolute Gasteiger partial charge is 0.491 e. The Labute approximate surface area is 164 Å². The van der Waals surface area contributed by atoms with Crippen molar-refractivity contribution in [3.63, 3.8) is 0 Å². The summed E-state index contributed by atoms with van der Waals surface area (Å²) in [6, 6.07) is 12.6. The van der Waals surface area contributed by atoms with Gasteiger partial charge in [0.2, 0.25) is 5.91 Å². The molecule has 0 aliphatic carbocycles. The highest BCUT2D eigenvalue weighted by Crippen LogP contribution is 2.20. The highest BCUT2D eigenvalue weighted by atomic mass is 19.1. The third-order valence-corrected chi connectivity index (χ3v) is 3.88. The summed E-state index contributed by atoms with van der Waals surface area (Å²) in [5.41, 5.74) is 1.67. The van der Waals surface area contributed by atoms with E-state index >= 15 is 0 Å². The van der Waals surface area contributed by atoms with Crippen molar-refractivity contribution in [2.24, 2.45) is 0 Å². The van der Waals surface area contributed by atoms with E-state index < -0.39 is 6.03 Å². The van der Waals surface area contributed by atoms with Crippen molar-refractivity contribution < 1.29 is 18.7 Å². The molecule has 0 saturated heterocycles. The van der Waals surface area contributed by atoms with E-state index in [1.54, 1.807) is 12.1 Å². The second-order valence-electron chi connectivity index (χ2n) is 6.69. The number of nitrogens with one attached hydrogen (secondary N) is 3. The first-order valence-electron chi connectivity index (χ1n) is 9.15. The van der Waals surface area contributed by atoms with E-state index in [0.717, 1.165) is 16.9 Å². The van der Waals surface area contributed by atoms with Crippen LogP contribution in [0.15, 0.2) is 48.5 Å². The number of carbonyl (C=O) groups excluding carboxylic acids is 2. The summed E-state index contributed by atoms with van der Waals surface area (Å²) < 4.78 is 18.5. The van der Waals surface area contributed by atoms with Crippen LogP contribution >= 0.6 is 0 Å². The molecule has 3 N–H and O–H groups in total. The third-order valence-electron chi connectivity index (χ3n) is 3.88. The number of ether oxygens (including phenoxy) is 1. The smallest absolute Gasteiger partial charge is 0.315 e. The molecule has 7 heteroatoms. The Hall–Kier alpha value is -3.09. The lowest BCUT2D eigenvalue weighted by Gasteiger charge is -2.17. The van der Waals surface area contributed by atoms with Gasteiger partial charge in [-0.3, -0.25) is 4.79 Å². The van der Waals surface area contributed by atoms with Gasteiger partial charge in [0.25, 0.3) is 0 Å². The van der Waals surface area contributed by atoms with Gasteiger partial charge in [0.15, 0.2) is 0 Å². The van der Waals surface area contributed by atoms with Crippen LogP contribution in [-0.4, -0.2) is 24.6 Å². The molecule has 0 spiro atoms. The topological polar surface area (TPSA) is 79.5 Å². The van der Waals surface area contributed by atoms with Crippen molar-refractivity contribution in [1.29, 1.82) is 0 Å². The predicted molar refractivity (Wildman–Crippen MR) is 105 cm³/mol. The lowest BCUT2D eigenvalue weighted by molar-refractivity contribution is -0.120. The van der Waals surface area contributed by atoms with Gasteiger partial charge in [-0.1, -0.05) is 24.3 Å². The van der Waals surface area contributed by atoms with Gasteiger partial charge < -0.3 is 20.7 Å². The highest BCUT2D eigenvalue weighted by molar-refractivity contribution is 5.84. The van der Waals surface area contributed by atoms with E-state index in [1.807, 2.05) is 45.0 Å². The molecule has 6 nitrogen and oxygen atoms in total. The van der Waals surface area contributed by atoms with Crippen LogP contribution in [0.1, 0.15) is 37.9 Å². The summed E-state index contributed by atoms with van der Waals surface area (Å²) in [6.07, 6.45) is 0.0674. The molecule has 2 aromatic carbocycles. The quantitative estimate of drug-likeness (QED) is 0.650. The summed E-state index contributed by atoms with van der Waals surface area (Å²) in [5, 5.41) is 7.95. The number of carbonyl (C=O) groups is 2. The molecule has 3 amide bonds. The van der Waals surface area contributed by atoms with E-state index in [2.05, 4.69) is 16.0 Å². The summed E-state index contributed by atoms with van der Waals surface area (Å²) in [4.78, 5) is 23.9. The molecule has 0 fully saturated rings. The number of hydrogen-bond donors (Lipinski definition) is 3. The maximum absolute atomic E-state index is 12.8. The molecule has 0 bridgehead atoms. The summed E-state index contributed by atoms with van der Waals surface area (Å²) in [5.74, 6) is 0.104. The number of rotatable bonds is 8. The van der Waals surface area contributed by atoms with E-state index in [0.29, 0.717) is 0 Å². The monoisotopic (exact) mass is 387 g/mol. The molecule has 2 rings (SSSR count). The maximum atomic E-state index is 12.8. The molecule has 0 heterocycles. The van der Waals surface area contributed by atoms with Gasteiger partial charge in [-0.15, -0.1) is 0 Å². The normalized spacial score (nSPS) is 11.6. The zero-order valence-corrected chi connectivity index (χ0v) is 16.3. The molecule has 0 aromatic heterocycles. The van der Waals surface area contributed by atoms with Gasteiger partial charge in [-0.05, 0) is 56.2 Å². The lowest BCUT2D eigenvalue weighted by atomic mass is 10.1. The van der Waals surface area contributed by atoms with Crippen LogP contribution in [0, 0.1) is 5.82 Å². The fraction of sp³-hybridized carbons (Fsp3) is 0.333. The molecule has 1 atom stereocenters. The summed E-state index contributed by atoms with van der Waals surface area (Å²) >= 11 is 0. The molecule has 0 aliphatic rings. The predicted octanol–water partition coefficient (Wildman–Crippen LogP) is 3.29. The SMILES string of the molecule is CC(C)Oc1cccc(C(C)NC(=O)CNC(=O)NCc2ccc(F)cc2)c1. The van der Waals surface area contributed by atoms with Crippen molar-refractivity contribution in [2.45, 2.75) is 39.5 Å². The van der Waals surface area contributed by atoms with Crippen LogP contribution in [0.2, 0.25) is 0 Å². The average molecular weight is 387 g/mol. The number of halogens is 1. The van der Waals surface area contributed by atoms with Gasteiger partial charge in [0.1, 0.15) is 11.6 Å². The van der Waals surface area contributed by atoms with Crippen LogP contribution in [-0.2, 0) is 11.3 Å². The molecule has 0 radical (unpaired) electrons. The number of benzene rings is 2. The molecular weight excluding hydrogens is 361 g/mol. The van der Waals surface area contributed by atoms with Gasteiger partial charge in [-0.25, -0.2) is 9.18 Å². The second-order valence-corrected chi connectivity index (χ2v) is 6.69. The van der Waals surface area contributed by atoms with Crippen LogP contribution < -0.4 is 20.7 Å².